The van der Waals surface area contributed by atoms with Gasteiger partial charge in [0.1, 0.15) is 11.7 Å². The molecule has 1 saturated heterocycles. The number of ether oxygens (including phenoxy) is 3. The summed E-state index contributed by atoms with van der Waals surface area (Å²) in [6.45, 7) is 3.23. The predicted octanol–water partition coefficient (Wildman–Crippen LogP) is 4.54. The maximum atomic E-state index is 13.5. The molecule has 0 N–H and O–H groups in total. The second-order valence-corrected chi connectivity index (χ2v) is 12.5. The van der Waals surface area contributed by atoms with Gasteiger partial charge in [-0.1, -0.05) is 60.5 Å². The largest absolute Gasteiger partial charge is 0.493 e. The third kappa shape index (κ3) is 4.30. The summed E-state index contributed by atoms with van der Waals surface area (Å²) in [4.78, 5) is 30.8. The number of carbonyl (C=O) groups excluding carboxylic acids is 2. The number of hydrogen-bond acceptors (Lipinski definition) is 6. The molecule has 2 bridgehead atoms. The fourth-order valence-electron chi connectivity index (χ4n) is 8.66. The van der Waals surface area contributed by atoms with Crippen molar-refractivity contribution in [1.82, 2.24) is 9.80 Å². The number of likely N-dealkylation sites (tertiary alicyclic amines) is 1. The summed E-state index contributed by atoms with van der Waals surface area (Å²) >= 11 is 0. The summed E-state index contributed by atoms with van der Waals surface area (Å²) in [6, 6.07) is 23.9. The molecule has 5 atom stereocenters. The first-order chi connectivity index (χ1) is 21.4. The SMILES string of the molecule is COc1ccc2c3c1O[C@H]1[C@@H](N(C)C(=O)C#Cc4ccccc4)CC[C@@]4(OC(C)=O)[C@@H](C2)N(CCc2ccccc2)CC[C@]314. The summed E-state index contributed by atoms with van der Waals surface area (Å²) in [6.07, 6.45) is 3.27. The summed E-state index contributed by atoms with van der Waals surface area (Å²) in [7, 11) is 3.48. The lowest BCUT2D eigenvalue weighted by Crippen LogP contribution is -2.79. The quantitative estimate of drug-likeness (QED) is 0.310. The smallest absolute Gasteiger partial charge is 0.303 e. The first kappa shape index (κ1) is 28.5. The van der Waals surface area contributed by atoms with E-state index < -0.39 is 17.1 Å². The summed E-state index contributed by atoms with van der Waals surface area (Å²) < 4.78 is 19.4. The fraction of sp³-hybridized carbons (Fsp3) is 0.405. The minimum atomic E-state index is -0.793. The number of hydrogen-bond donors (Lipinski definition) is 0. The Morgan fingerprint density at radius 3 is 2.52 bits per heavy atom. The van der Waals surface area contributed by atoms with Gasteiger partial charge in [-0.2, -0.15) is 0 Å². The number of carbonyl (C=O) groups is 2. The Kier molecular flexibility index (Phi) is 7.13. The van der Waals surface area contributed by atoms with Crippen molar-refractivity contribution in [1.29, 1.82) is 0 Å². The van der Waals surface area contributed by atoms with Crippen molar-refractivity contribution in [3.05, 3.63) is 95.1 Å². The highest BCUT2D eigenvalue weighted by Gasteiger charge is 2.75. The zero-order valence-corrected chi connectivity index (χ0v) is 25.5. The Hall–Kier alpha value is -4.28. The lowest BCUT2D eigenvalue weighted by Gasteiger charge is -2.65. The van der Waals surface area contributed by atoms with E-state index in [1.54, 1.807) is 12.0 Å². The third-order valence-corrected chi connectivity index (χ3v) is 10.5. The molecule has 226 valence electrons. The van der Waals surface area contributed by atoms with E-state index in [0.717, 1.165) is 49.2 Å². The van der Waals surface area contributed by atoms with Crippen molar-refractivity contribution in [2.24, 2.45) is 0 Å². The topological polar surface area (TPSA) is 68.3 Å². The maximum Gasteiger partial charge on any atom is 0.303 e. The monoisotopic (exact) mass is 590 g/mol. The lowest BCUT2D eigenvalue weighted by atomic mass is 9.48. The van der Waals surface area contributed by atoms with Crippen LogP contribution in [0.5, 0.6) is 11.5 Å². The minimum Gasteiger partial charge on any atom is -0.493 e. The summed E-state index contributed by atoms with van der Waals surface area (Å²) in [5.74, 6) is 6.73. The van der Waals surface area contributed by atoms with Crippen LogP contribution in [-0.2, 0) is 32.6 Å². The number of benzene rings is 3. The van der Waals surface area contributed by atoms with Gasteiger partial charge in [0, 0.05) is 37.6 Å². The van der Waals surface area contributed by atoms with Crippen molar-refractivity contribution in [3.63, 3.8) is 0 Å². The van der Waals surface area contributed by atoms with E-state index in [9.17, 15) is 9.59 Å². The van der Waals surface area contributed by atoms with E-state index in [1.807, 2.05) is 49.5 Å². The van der Waals surface area contributed by atoms with Crippen LogP contribution in [-0.4, -0.2) is 72.7 Å². The van der Waals surface area contributed by atoms with Gasteiger partial charge in [0.25, 0.3) is 5.91 Å². The van der Waals surface area contributed by atoms with Gasteiger partial charge in [0.05, 0.1) is 24.6 Å². The number of methoxy groups -OCH3 is 1. The maximum absolute atomic E-state index is 13.5. The highest BCUT2D eigenvalue weighted by molar-refractivity contribution is 5.94. The molecule has 7 nitrogen and oxygen atoms in total. The Morgan fingerprint density at radius 2 is 1.80 bits per heavy atom. The molecule has 1 spiro atoms. The minimum absolute atomic E-state index is 0.0124. The molecule has 2 heterocycles. The van der Waals surface area contributed by atoms with E-state index >= 15 is 0 Å². The lowest BCUT2D eigenvalue weighted by molar-refractivity contribution is -0.223. The molecule has 0 unspecified atom stereocenters. The number of nitrogens with zero attached hydrogens (tertiary/aromatic N) is 2. The van der Waals surface area contributed by atoms with Gasteiger partial charge in [0.15, 0.2) is 11.5 Å². The zero-order valence-electron chi connectivity index (χ0n) is 25.5. The standard InChI is InChI=1S/C37H38N2O5/c1-25(40)44-37-20-18-29(38(2)32(41)17-14-26-10-6-4-7-11-26)35-36(37)21-23-39(22-19-27-12-8-5-9-13-27)31(37)24-28-15-16-30(42-3)34(43-35)33(28)36/h4-13,15-16,29,31,35H,18-24H2,1-3H3/t29-,31+,35-,36-,37+/m0/s1. The Morgan fingerprint density at radius 1 is 1.05 bits per heavy atom. The van der Waals surface area contributed by atoms with Crippen LogP contribution in [0.4, 0.5) is 0 Å². The molecule has 3 aromatic rings. The second-order valence-electron chi connectivity index (χ2n) is 12.5. The van der Waals surface area contributed by atoms with Crippen molar-refractivity contribution in [2.45, 2.75) is 68.2 Å². The van der Waals surface area contributed by atoms with Gasteiger partial charge in [-0.3, -0.25) is 14.5 Å². The number of likely N-dealkylation sites (N-methyl/N-ethyl adjacent to an activating group) is 1. The van der Waals surface area contributed by atoms with Crippen molar-refractivity contribution < 1.29 is 23.8 Å². The van der Waals surface area contributed by atoms with E-state index in [0.29, 0.717) is 18.6 Å². The zero-order chi connectivity index (χ0) is 30.5. The van der Waals surface area contributed by atoms with Gasteiger partial charge in [-0.05, 0) is 68.0 Å². The molecule has 3 aromatic carbocycles. The van der Waals surface area contributed by atoms with Crippen molar-refractivity contribution >= 4 is 11.9 Å². The molecule has 44 heavy (non-hydrogen) atoms. The van der Waals surface area contributed by atoms with E-state index in [-0.39, 0.29) is 24.0 Å². The van der Waals surface area contributed by atoms with Crippen molar-refractivity contribution in [2.75, 3.05) is 27.2 Å². The van der Waals surface area contributed by atoms with Crippen LogP contribution in [0.15, 0.2) is 72.8 Å². The summed E-state index contributed by atoms with van der Waals surface area (Å²) in [5, 5.41) is 0. The molecule has 4 aliphatic rings. The number of amides is 1. The average Bonchev–Trinajstić information content (AvgIpc) is 3.39. The van der Waals surface area contributed by atoms with Gasteiger partial charge < -0.3 is 19.1 Å². The predicted molar refractivity (Wildman–Crippen MR) is 167 cm³/mol. The molecule has 7 rings (SSSR count). The van der Waals surface area contributed by atoms with Crippen LogP contribution in [0.3, 0.4) is 0 Å². The van der Waals surface area contributed by atoms with Crippen LogP contribution in [0, 0.1) is 11.8 Å². The molecule has 0 aromatic heterocycles. The number of esters is 1. The number of rotatable bonds is 6. The van der Waals surface area contributed by atoms with Gasteiger partial charge in [-0.25, -0.2) is 0 Å². The van der Waals surface area contributed by atoms with Crippen LogP contribution in [0.25, 0.3) is 0 Å². The highest BCUT2D eigenvalue weighted by atomic mass is 16.6. The molecular formula is C37H38N2O5. The molecular weight excluding hydrogens is 552 g/mol. The Labute approximate surface area is 259 Å². The number of piperidine rings is 1. The van der Waals surface area contributed by atoms with Crippen molar-refractivity contribution in [3.8, 4) is 23.3 Å². The van der Waals surface area contributed by atoms with Crippen LogP contribution >= 0.6 is 0 Å². The first-order valence-corrected chi connectivity index (χ1v) is 15.6. The Bertz CT molecular complexity index is 1650. The molecule has 2 aliphatic heterocycles. The fourth-order valence-corrected chi connectivity index (χ4v) is 8.66. The van der Waals surface area contributed by atoms with Gasteiger partial charge >= 0.3 is 5.97 Å². The van der Waals surface area contributed by atoms with Gasteiger partial charge in [-0.15, -0.1) is 0 Å². The first-order valence-electron chi connectivity index (χ1n) is 15.6. The molecule has 2 fully saturated rings. The molecule has 0 radical (unpaired) electrons. The molecule has 1 amide bonds. The molecule has 7 heteroatoms. The molecule has 2 aliphatic carbocycles. The van der Waals surface area contributed by atoms with E-state index in [4.69, 9.17) is 14.2 Å². The van der Waals surface area contributed by atoms with Gasteiger partial charge in [0.2, 0.25) is 0 Å². The van der Waals surface area contributed by atoms with E-state index in [2.05, 4.69) is 47.1 Å². The molecule has 1 saturated carbocycles. The van der Waals surface area contributed by atoms with Crippen LogP contribution in [0.2, 0.25) is 0 Å². The third-order valence-electron chi connectivity index (χ3n) is 10.5. The highest BCUT2D eigenvalue weighted by Crippen LogP contribution is 2.67. The van der Waals surface area contributed by atoms with Crippen LogP contribution < -0.4 is 9.47 Å². The van der Waals surface area contributed by atoms with E-state index in [1.165, 1.54) is 18.1 Å². The average molecular weight is 591 g/mol. The normalized spacial score (nSPS) is 27.7. The van der Waals surface area contributed by atoms with Crippen LogP contribution in [0.1, 0.15) is 48.4 Å². The Balaban J connectivity index is 1.30. The second kappa shape index (κ2) is 11.0. The summed E-state index contributed by atoms with van der Waals surface area (Å²) in [5.41, 5.74) is 2.98.